The van der Waals surface area contributed by atoms with Gasteiger partial charge in [0.2, 0.25) is 0 Å². The van der Waals surface area contributed by atoms with E-state index in [1.807, 2.05) is 12.1 Å². The van der Waals surface area contributed by atoms with Gasteiger partial charge in [0.15, 0.2) is 0 Å². The van der Waals surface area contributed by atoms with E-state index in [9.17, 15) is 5.11 Å². The fourth-order valence-corrected chi connectivity index (χ4v) is 3.39. The monoisotopic (exact) mass is 296 g/mol. The van der Waals surface area contributed by atoms with Gasteiger partial charge in [0.1, 0.15) is 5.75 Å². The highest BCUT2D eigenvalue weighted by molar-refractivity contribution is 6.32. The molecule has 2 heterocycles. The average molecular weight is 297 g/mol. The number of hydrogen-bond donors (Lipinski definition) is 1. The maximum Gasteiger partial charge on any atom is 0.134 e. The highest BCUT2D eigenvalue weighted by Crippen LogP contribution is 2.28. The van der Waals surface area contributed by atoms with Crippen molar-refractivity contribution in [2.45, 2.75) is 12.6 Å². The predicted molar refractivity (Wildman–Crippen MR) is 79.1 cm³/mol. The third-order valence-corrected chi connectivity index (χ3v) is 4.71. The van der Waals surface area contributed by atoms with E-state index in [0.717, 1.165) is 45.0 Å². The Hall–Kier alpha value is -0.810. The molecule has 2 aliphatic rings. The van der Waals surface area contributed by atoms with Gasteiger partial charge in [-0.25, -0.2) is 0 Å². The van der Waals surface area contributed by atoms with Crippen molar-refractivity contribution in [3.05, 3.63) is 28.8 Å². The molecule has 1 aromatic rings. The Morgan fingerprint density at radius 1 is 1.30 bits per heavy atom. The fraction of sp³-hybridized carbons (Fsp3) is 0.600. The second-order valence-electron chi connectivity index (χ2n) is 5.94. The molecule has 0 radical (unpaired) electrons. The Morgan fingerprint density at radius 3 is 3.00 bits per heavy atom. The highest BCUT2D eigenvalue weighted by Gasteiger charge is 2.31. The molecule has 0 aliphatic carbocycles. The summed E-state index contributed by atoms with van der Waals surface area (Å²) in [4.78, 5) is 4.84. The Bertz CT molecular complexity index is 483. The van der Waals surface area contributed by atoms with Gasteiger partial charge in [0.05, 0.1) is 18.2 Å². The molecular formula is C15H21ClN2O2. The van der Waals surface area contributed by atoms with Crippen LogP contribution in [0.15, 0.2) is 18.2 Å². The third-order valence-electron chi connectivity index (χ3n) is 4.27. The summed E-state index contributed by atoms with van der Waals surface area (Å²) in [5.74, 6) is 0.711. The number of benzene rings is 1. The number of halogens is 1. The Balaban J connectivity index is 1.76. The first kappa shape index (κ1) is 14.1. The largest absolute Gasteiger partial charge is 0.506 e. The van der Waals surface area contributed by atoms with E-state index in [4.69, 9.17) is 16.3 Å². The number of phenolic OH excluding ortho intramolecular Hbond substituents is 1. The van der Waals surface area contributed by atoms with E-state index < -0.39 is 0 Å². The van der Waals surface area contributed by atoms with Crippen molar-refractivity contribution in [1.29, 1.82) is 0 Å². The van der Waals surface area contributed by atoms with Gasteiger partial charge in [-0.3, -0.25) is 9.80 Å². The molecule has 5 heteroatoms. The van der Waals surface area contributed by atoms with Crippen molar-refractivity contribution in [3.63, 3.8) is 0 Å². The number of hydrogen-bond acceptors (Lipinski definition) is 4. The topological polar surface area (TPSA) is 35.9 Å². The zero-order chi connectivity index (χ0) is 14.1. The van der Waals surface area contributed by atoms with Crippen LogP contribution in [-0.2, 0) is 11.3 Å². The van der Waals surface area contributed by atoms with E-state index in [0.29, 0.717) is 17.0 Å². The summed E-state index contributed by atoms with van der Waals surface area (Å²) in [6.07, 6.45) is 0. The number of phenols is 1. The molecule has 4 nitrogen and oxygen atoms in total. The minimum Gasteiger partial charge on any atom is -0.506 e. The summed E-state index contributed by atoms with van der Waals surface area (Å²) in [5, 5.41) is 10.2. The van der Waals surface area contributed by atoms with Crippen LogP contribution in [0.25, 0.3) is 0 Å². The number of aromatic hydroxyl groups is 1. The summed E-state index contributed by atoms with van der Waals surface area (Å²) >= 11 is 6.19. The van der Waals surface area contributed by atoms with E-state index in [1.165, 1.54) is 0 Å². The van der Waals surface area contributed by atoms with E-state index >= 15 is 0 Å². The van der Waals surface area contributed by atoms with Crippen LogP contribution in [0.1, 0.15) is 5.56 Å². The minimum absolute atomic E-state index is 0.166. The molecule has 2 atom stereocenters. The van der Waals surface area contributed by atoms with Crippen LogP contribution in [0.4, 0.5) is 0 Å². The van der Waals surface area contributed by atoms with Crippen LogP contribution in [0.2, 0.25) is 5.02 Å². The van der Waals surface area contributed by atoms with Gasteiger partial charge in [-0.2, -0.15) is 0 Å². The molecule has 1 N–H and O–H groups in total. The van der Waals surface area contributed by atoms with Crippen LogP contribution in [0.5, 0.6) is 5.75 Å². The maximum atomic E-state index is 9.71. The molecular weight excluding hydrogens is 276 g/mol. The van der Waals surface area contributed by atoms with Crippen LogP contribution >= 0.6 is 11.6 Å². The lowest BCUT2D eigenvalue weighted by Crippen LogP contribution is -2.41. The van der Waals surface area contributed by atoms with Crippen molar-refractivity contribution in [2.75, 3.05) is 39.9 Å². The van der Waals surface area contributed by atoms with Gasteiger partial charge >= 0.3 is 0 Å². The second kappa shape index (κ2) is 5.90. The lowest BCUT2D eigenvalue weighted by Gasteiger charge is -2.29. The molecule has 2 fully saturated rings. The van der Waals surface area contributed by atoms with Crippen molar-refractivity contribution in [2.24, 2.45) is 5.92 Å². The van der Waals surface area contributed by atoms with E-state index in [-0.39, 0.29) is 5.75 Å². The first-order chi connectivity index (χ1) is 9.63. The lowest BCUT2D eigenvalue weighted by molar-refractivity contribution is 0.0516. The number of likely N-dealkylation sites (N-methyl/N-ethyl adjacent to an activating group) is 1. The van der Waals surface area contributed by atoms with Gasteiger partial charge in [-0.05, 0) is 18.7 Å². The maximum absolute atomic E-state index is 9.71. The molecule has 2 aliphatic heterocycles. The van der Waals surface area contributed by atoms with Crippen molar-refractivity contribution >= 4 is 11.6 Å². The molecule has 0 spiro atoms. The van der Waals surface area contributed by atoms with Crippen molar-refractivity contribution < 1.29 is 9.84 Å². The lowest BCUT2D eigenvalue weighted by atomic mass is 10.1. The summed E-state index contributed by atoms with van der Waals surface area (Å²) in [5.41, 5.74) is 0.996. The molecule has 0 unspecified atom stereocenters. The predicted octanol–water partition coefficient (Wildman–Crippen LogP) is 1.81. The molecule has 2 saturated heterocycles. The summed E-state index contributed by atoms with van der Waals surface area (Å²) in [6, 6.07) is 5.91. The molecule has 3 rings (SSSR count). The number of rotatable bonds is 2. The summed E-state index contributed by atoms with van der Waals surface area (Å²) < 4.78 is 5.74. The molecule has 0 saturated carbocycles. The van der Waals surface area contributed by atoms with Gasteiger partial charge in [0, 0.05) is 38.1 Å². The molecule has 20 heavy (non-hydrogen) atoms. The number of ether oxygens (including phenoxy) is 1. The Morgan fingerprint density at radius 2 is 2.15 bits per heavy atom. The number of nitrogens with zero attached hydrogens (tertiary/aromatic N) is 2. The standard InChI is InChI=1S/C15H21ClN2O2/c1-17-5-11-6-18(8-13(17)10-20-9-11)7-12-3-2-4-14(19)15(12)16/h2-4,11,13,19H,5-10H2,1H3/t11-,13+/m1/s1. The van der Waals surface area contributed by atoms with E-state index in [1.54, 1.807) is 6.07 Å². The summed E-state index contributed by atoms with van der Waals surface area (Å²) in [7, 11) is 2.18. The fourth-order valence-electron chi connectivity index (χ4n) is 3.21. The van der Waals surface area contributed by atoms with Gasteiger partial charge in [-0.15, -0.1) is 0 Å². The zero-order valence-electron chi connectivity index (χ0n) is 11.8. The molecule has 1 aromatic carbocycles. The molecule has 0 aromatic heterocycles. The third kappa shape index (κ3) is 2.93. The van der Waals surface area contributed by atoms with Gasteiger partial charge in [-0.1, -0.05) is 23.7 Å². The second-order valence-corrected chi connectivity index (χ2v) is 6.32. The van der Waals surface area contributed by atoms with Crippen LogP contribution < -0.4 is 0 Å². The molecule has 110 valence electrons. The van der Waals surface area contributed by atoms with E-state index in [2.05, 4.69) is 16.8 Å². The Labute approximate surface area is 124 Å². The zero-order valence-corrected chi connectivity index (χ0v) is 12.5. The molecule has 2 bridgehead atoms. The van der Waals surface area contributed by atoms with Crippen LogP contribution in [0, 0.1) is 5.92 Å². The minimum atomic E-state index is 0.166. The molecule has 0 amide bonds. The smallest absolute Gasteiger partial charge is 0.134 e. The summed E-state index contributed by atoms with van der Waals surface area (Å²) in [6.45, 7) is 5.53. The Kier molecular flexibility index (Phi) is 4.17. The van der Waals surface area contributed by atoms with Crippen LogP contribution in [-0.4, -0.2) is 60.8 Å². The van der Waals surface area contributed by atoms with Crippen LogP contribution in [0.3, 0.4) is 0 Å². The highest BCUT2D eigenvalue weighted by atomic mass is 35.5. The van der Waals surface area contributed by atoms with Crippen molar-refractivity contribution in [3.8, 4) is 5.75 Å². The van der Waals surface area contributed by atoms with Gasteiger partial charge < -0.3 is 9.84 Å². The normalized spacial score (nSPS) is 28.3. The van der Waals surface area contributed by atoms with Gasteiger partial charge in [0.25, 0.3) is 0 Å². The first-order valence-corrected chi connectivity index (χ1v) is 7.48. The number of fused-ring (bicyclic) bond motifs is 3. The SMILES string of the molecule is CN1C[C@H]2COC[C@@H]1CN(Cc1cccc(O)c1Cl)C2. The first-order valence-electron chi connectivity index (χ1n) is 7.10. The quantitative estimate of drug-likeness (QED) is 0.903. The van der Waals surface area contributed by atoms with Crippen molar-refractivity contribution in [1.82, 2.24) is 9.80 Å². The average Bonchev–Trinajstić information content (AvgIpc) is 2.64.